The van der Waals surface area contributed by atoms with Crippen molar-refractivity contribution in [3.63, 3.8) is 0 Å². The van der Waals surface area contributed by atoms with Crippen molar-refractivity contribution in [3.05, 3.63) is 68.0 Å². The minimum absolute atomic E-state index is 0.139. The predicted octanol–water partition coefficient (Wildman–Crippen LogP) is 1.59. The molecule has 27 heavy (non-hydrogen) atoms. The highest BCUT2D eigenvalue weighted by atomic mass is 32.2. The number of aryl methyl sites for hydroxylation is 2. The molecule has 0 aliphatic carbocycles. The molecule has 0 spiro atoms. The molecule has 0 bridgehead atoms. The molecule has 0 aliphatic rings. The first-order chi connectivity index (χ1) is 12.8. The third-order valence-corrected chi connectivity index (χ3v) is 5.14. The summed E-state index contributed by atoms with van der Waals surface area (Å²) in [6.07, 6.45) is 2.00. The number of nitrogens with zero attached hydrogens (tertiary/aromatic N) is 3. The Morgan fingerprint density at radius 3 is 2.44 bits per heavy atom. The number of nitrogens with one attached hydrogen (secondary N) is 1. The van der Waals surface area contributed by atoms with Gasteiger partial charge in [0.25, 0.3) is 11.5 Å². The predicted molar refractivity (Wildman–Crippen MR) is 106 cm³/mol. The lowest BCUT2D eigenvalue weighted by molar-refractivity contribution is 0.0952. The van der Waals surface area contributed by atoms with E-state index in [9.17, 15) is 14.4 Å². The van der Waals surface area contributed by atoms with Gasteiger partial charge in [0.2, 0.25) is 0 Å². The van der Waals surface area contributed by atoms with Gasteiger partial charge in [0.05, 0.1) is 10.9 Å². The lowest BCUT2D eigenvalue weighted by Crippen LogP contribution is -2.38. The molecule has 1 aromatic carbocycles. The summed E-state index contributed by atoms with van der Waals surface area (Å²) < 4.78 is 2.26. The van der Waals surface area contributed by atoms with Crippen LogP contribution in [0.3, 0.4) is 0 Å². The first-order valence-corrected chi connectivity index (χ1v) is 9.54. The second-order valence-electron chi connectivity index (χ2n) is 6.25. The Bertz CT molecular complexity index is 1150. The van der Waals surface area contributed by atoms with Gasteiger partial charge in [0.1, 0.15) is 5.65 Å². The summed E-state index contributed by atoms with van der Waals surface area (Å²) in [4.78, 5) is 43.0. The number of carbonyl (C=O) groups excluding carboxylic acids is 1. The van der Waals surface area contributed by atoms with Crippen LogP contribution < -0.4 is 16.6 Å². The number of aromatic nitrogens is 3. The first-order valence-electron chi connectivity index (χ1n) is 8.32. The summed E-state index contributed by atoms with van der Waals surface area (Å²) in [5, 5.41) is 2.98. The molecule has 8 heteroatoms. The van der Waals surface area contributed by atoms with Crippen LogP contribution in [0.5, 0.6) is 0 Å². The maximum absolute atomic E-state index is 12.8. The van der Waals surface area contributed by atoms with Crippen molar-refractivity contribution in [1.82, 2.24) is 19.4 Å². The number of benzene rings is 1. The Morgan fingerprint density at radius 2 is 1.81 bits per heavy atom. The Morgan fingerprint density at radius 1 is 1.15 bits per heavy atom. The van der Waals surface area contributed by atoms with Crippen molar-refractivity contribution >= 4 is 28.7 Å². The Hall–Kier alpha value is -2.87. The monoisotopic (exact) mass is 384 g/mol. The van der Waals surface area contributed by atoms with E-state index >= 15 is 0 Å². The minimum atomic E-state index is -0.532. The number of carbonyl (C=O) groups is 1. The lowest BCUT2D eigenvalue weighted by Gasteiger charge is -2.12. The van der Waals surface area contributed by atoms with Gasteiger partial charge in [0, 0.05) is 31.2 Å². The zero-order valence-corrected chi connectivity index (χ0v) is 16.4. The fourth-order valence-electron chi connectivity index (χ4n) is 2.88. The van der Waals surface area contributed by atoms with E-state index in [4.69, 9.17) is 0 Å². The van der Waals surface area contributed by atoms with E-state index in [2.05, 4.69) is 10.3 Å². The fraction of sp³-hybridized carbons (Fsp3) is 0.263. The summed E-state index contributed by atoms with van der Waals surface area (Å²) >= 11 is 1.65. The molecule has 3 aromatic rings. The number of rotatable bonds is 4. The second-order valence-corrected chi connectivity index (χ2v) is 7.13. The van der Waals surface area contributed by atoms with Crippen molar-refractivity contribution < 1.29 is 4.79 Å². The van der Waals surface area contributed by atoms with Crippen LogP contribution in [0.15, 0.2) is 44.8 Å². The molecule has 0 atom stereocenters. The van der Waals surface area contributed by atoms with Crippen LogP contribution >= 0.6 is 11.8 Å². The first kappa shape index (κ1) is 18.9. The molecule has 2 heterocycles. The number of thioether (sulfide) groups is 1. The molecule has 3 rings (SSSR count). The van der Waals surface area contributed by atoms with E-state index in [-0.39, 0.29) is 22.5 Å². The summed E-state index contributed by atoms with van der Waals surface area (Å²) in [6.45, 7) is 2.06. The van der Waals surface area contributed by atoms with Gasteiger partial charge < -0.3 is 5.32 Å². The number of amides is 1. The normalized spacial score (nSPS) is 11.0. The molecule has 140 valence electrons. The summed E-state index contributed by atoms with van der Waals surface area (Å²) in [5.41, 5.74) is 0.921. The number of pyridine rings is 1. The van der Waals surface area contributed by atoms with Crippen LogP contribution in [-0.2, 0) is 20.6 Å². The largest absolute Gasteiger partial charge is 0.348 e. The van der Waals surface area contributed by atoms with Gasteiger partial charge in [-0.25, -0.2) is 9.78 Å². The van der Waals surface area contributed by atoms with Crippen molar-refractivity contribution in [3.8, 4) is 0 Å². The molecule has 0 radical (unpaired) electrons. The topological polar surface area (TPSA) is 86.0 Å². The highest BCUT2D eigenvalue weighted by Crippen LogP contribution is 2.16. The van der Waals surface area contributed by atoms with Gasteiger partial charge in [-0.2, -0.15) is 0 Å². The van der Waals surface area contributed by atoms with Gasteiger partial charge in [-0.15, -0.1) is 11.8 Å². The molecule has 2 aromatic heterocycles. The average Bonchev–Trinajstić information content (AvgIpc) is 2.68. The average molecular weight is 384 g/mol. The third-order valence-electron chi connectivity index (χ3n) is 4.40. The van der Waals surface area contributed by atoms with Crippen LogP contribution in [-0.4, -0.2) is 26.3 Å². The molecule has 0 saturated carbocycles. The zero-order chi connectivity index (χ0) is 19.7. The fourth-order valence-corrected chi connectivity index (χ4v) is 3.29. The van der Waals surface area contributed by atoms with Crippen LogP contribution in [0.1, 0.15) is 21.6 Å². The van der Waals surface area contributed by atoms with Gasteiger partial charge in [0.15, 0.2) is 0 Å². The van der Waals surface area contributed by atoms with Crippen molar-refractivity contribution in [2.45, 2.75) is 18.4 Å². The highest BCUT2D eigenvalue weighted by Gasteiger charge is 2.19. The molecule has 1 amide bonds. The SMILES string of the molecule is CSc1ccc(CNC(=O)c2cc(C)nc3c2c(=O)n(C)c(=O)n3C)cc1. The van der Waals surface area contributed by atoms with Crippen molar-refractivity contribution in [2.75, 3.05) is 6.26 Å². The highest BCUT2D eigenvalue weighted by molar-refractivity contribution is 7.98. The molecule has 0 aliphatic heterocycles. The molecule has 7 nitrogen and oxygen atoms in total. The van der Waals surface area contributed by atoms with E-state index in [1.165, 1.54) is 18.7 Å². The standard InChI is InChI=1S/C19H20N4O3S/c1-11-9-14(15-16(21-11)22(2)19(26)23(3)18(15)25)17(24)20-10-12-5-7-13(27-4)8-6-12/h5-9H,10H2,1-4H3,(H,20,24). The third kappa shape index (κ3) is 3.52. The lowest BCUT2D eigenvalue weighted by atomic mass is 10.1. The number of fused-ring (bicyclic) bond motifs is 1. The van der Waals surface area contributed by atoms with E-state index in [1.807, 2.05) is 30.5 Å². The van der Waals surface area contributed by atoms with Crippen LogP contribution in [0.4, 0.5) is 0 Å². The minimum Gasteiger partial charge on any atom is -0.348 e. The van der Waals surface area contributed by atoms with Crippen LogP contribution in [0, 0.1) is 6.92 Å². The van der Waals surface area contributed by atoms with E-state index in [1.54, 1.807) is 24.8 Å². The smallest absolute Gasteiger partial charge is 0.332 e. The van der Waals surface area contributed by atoms with Crippen LogP contribution in [0.25, 0.3) is 11.0 Å². The quantitative estimate of drug-likeness (QED) is 0.691. The molecule has 0 fully saturated rings. The molecular weight excluding hydrogens is 364 g/mol. The zero-order valence-electron chi connectivity index (χ0n) is 15.6. The molecule has 1 N–H and O–H groups in total. The van der Waals surface area contributed by atoms with Gasteiger partial charge in [-0.3, -0.25) is 18.7 Å². The number of hydrogen-bond donors (Lipinski definition) is 1. The maximum Gasteiger partial charge on any atom is 0.332 e. The van der Waals surface area contributed by atoms with E-state index in [0.717, 1.165) is 15.0 Å². The van der Waals surface area contributed by atoms with Crippen LogP contribution in [0.2, 0.25) is 0 Å². The Labute approximate surface area is 160 Å². The van der Waals surface area contributed by atoms with Gasteiger partial charge in [-0.05, 0) is 36.9 Å². The van der Waals surface area contributed by atoms with Gasteiger partial charge >= 0.3 is 5.69 Å². The molecular formula is C19H20N4O3S. The molecule has 0 saturated heterocycles. The Balaban J connectivity index is 2.01. The second kappa shape index (κ2) is 7.40. The molecule has 0 unspecified atom stereocenters. The van der Waals surface area contributed by atoms with Crippen molar-refractivity contribution in [2.24, 2.45) is 14.1 Å². The number of hydrogen-bond acceptors (Lipinski definition) is 5. The van der Waals surface area contributed by atoms with Crippen molar-refractivity contribution in [1.29, 1.82) is 0 Å². The summed E-state index contributed by atoms with van der Waals surface area (Å²) in [6, 6.07) is 9.45. The maximum atomic E-state index is 12.8. The van der Waals surface area contributed by atoms with E-state index in [0.29, 0.717) is 12.2 Å². The summed E-state index contributed by atoms with van der Waals surface area (Å²) in [5.74, 6) is -0.379. The summed E-state index contributed by atoms with van der Waals surface area (Å²) in [7, 11) is 2.92. The van der Waals surface area contributed by atoms with E-state index < -0.39 is 11.2 Å². The Kier molecular flexibility index (Phi) is 5.18. The van der Waals surface area contributed by atoms with Gasteiger partial charge in [-0.1, -0.05) is 12.1 Å².